The van der Waals surface area contributed by atoms with Gasteiger partial charge < -0.3 is 59.4 Å². The minimum absolute atomic E-state index is 0.211. The Kier molecular flexibility index (Phi) is 13.2. The number of carbonyl (C=O) groups is 1. The summed E-state index contributed by atoms with van der Waals surface area (Å²) in [5.74, 6) is -0.222. The number of ether oxygens (including phenoxy) is 5. The highest BCUT2D eigenvalue weighted by Gasteiger charge is 2.50. The van der Waals surface area contributed by atoms with E-state index in [0.717, 1.165) is 32.1 Å². The fourth-order valence-corrected chi connectivity index (χ4v) is 4.05. The van der Waals surface area contributed by atoms with Gasteiger partial charge in [0, 0.05) is 13.0 Å². The number of unbranched alkanes of at least 4 members (excludes halogenated alkanes) is 5. The van der Waals surface area contributed by atoms with Gasteiger partial charge in [0.1, 0.15) is 48.8 Å². The standard InChI is InChI=1S/C22H40O13/c1-31-14(25)8-6-4-2-3-5-7-9-32-22-20(18(29)16(27)13(11-24)34-22)35-21-19(30)17(28)15(26)12(10-23)33-21/h12-13,15-24,26-30H,2-11H2,1H3/t12-,13-,15-,16-,17+,18+,19+,20+,21-,22+/m1/s1. The van der Waals surface area contributed by atoms with Crippen molar-refractivity contribution < 1.29 is 64.2 Å². The van der Waals surface area contributed by atoms with E-state index in [1.54, 1.807) is 0 Å². The molecular formula is C22H40O13. The number of hydrogen-bond acceptors (Lipinski definition) is 13. The Labute approximate surface area is 204 Å². The fraction of sp³-hybridized carbons (Fsp3) is 0.955. The summed E-state index contributed by atoms with van der Waals surface area (Å²) in [6.45, 7) is -1.04. The third-order valence-electron chi connectivity index (χ3n) is 6.25. The molecule has 2 saturated heterocycles. The Hall–Kier alpha value is -0.970. The van der Waals surface area contributed by atoms with Crippen LogP contribution in [0.4, 0.5) is 0 Å². The van der Waals surface area contributed by atoms with Gasteiger partial charge in [-0.3, -0.25) is 4.79 Å². The molecule has 2 fully saturated rings. The lowest BCUT2D eigenvalue weighted by molar-refractivity contribution is -0.367. The van der Waals surface area contributed by atoms with Crippen LogP contribution in [0.25, 0.3) is 0 Å². The first-order valence-electron chi connectivity index (χ1n) is 12.0. The maximum atomic E-state index is 11.1. The van der Waals surface area contributed by atoms with Gasteiger partial charge >= 0.3 is 5.97 Å². The van der Waals surface area contributed by atoms with Crippen LogP contribution in [-0.4, -0.2) is 130 Å². The second-order valence-corrected chi connectivity index (χ2v) is 8.82. The van der Waals surface area contributed by atoms with Crippen molar-refractivity contribution in [2.45, 2.75) is 106 Å². The maximum Gasteiger partial charge on any atom is 0.305 e. The molecule has 13 heteroatoms. The van der Waals surface area contributed by atoms with Crippen molar-refractivity contribution in [1.82, 2.24) is 0 Å². The second-order valence-electron chi connectivity index (χ2n) is 8.82. The summed E-state index contributed by atoms with van der Waals surface area (Å²) in [6.07, 6.45) is -9.24. The average Bonchev–Trinajstić information content (AvgIpc) is 2.86. The van der Waals surface area contributed by atoms with Crippen molar-refractivity contribution in [3.63, 3.8) is 0 Å². The molecule has 0 saturated carbocycles. The van der Waals surface area contributed by atoms with E-state index in [4.69, 9.17) is 18.9 Å². The van der Waals surface area contributed by atoms with E-state index < -0.39 is 74.6 Å². The van der Waals surface area contributed by atoms with E-state index in [2.05, 4.69) is 4.74 Å². The second kappa shape index (κ2) is 15.3. The number of rotatable bonds is 14. The van der Waals surface area contributed by atoms with Crippen LogP contribution in [-0.2, 0) is 28.5 Å². The molecule has 0 aromatic rings. The Balaban J connectivity index is 1.86. The third-order valence-corrected chi connectivity index (χ3v) is 6.25. The highest BCUT2D eigenvalue weighted by molar-refractivity contribution is 5.68. The van der Waals surface area contributed by atoms with E-state index in [1.165, 1.54) is 7.11 Å². The molecule has 2 aliphatic heterocycles. The normalized spacial score (nSPS) is 37.8. The van der Waals surface area contributed by atoms with Crippen LogP contribution >= 0.6 is 0 Å². The number of carbonyl (C=O) groups excluding carboxylic acids is 1. The van der Waals surface area contributed by atoms with Gasteiger partial charge in [-0.25, -0.2) is 0 Å². The molecule has 2 heterocycles. The van der Waals surface area contributed by atoms with Gasteiger partial charge in [-0.15, -0.1) is 0 Å². The highest BCUT2D eigenvalue weighted by atomic mass is 16.8. The maximum absolute atomic E-state index is 11.1. The van der Waals surface area contributed by atoms with E-state index >= 15 is 0 Å². The van der Waals surface area contributed by atoms with E-state index in [1.807, 2.05) is 0 Å². The lowest BCUT2D eigenvalue weighted by atomic mass is 9.97. The first-order chi connectivity index (χ1) is 16.7. The van der Waals surface area contributed by atoms with Gasteiger partial charge in [-0.05, 0) is 12.8 Å². The van der Waals surface area contributed by atoms with Gasteiger partial charge in [-0.1, -0.05) is 25.7 Å². The van der Waals surface area contributed by atoms with Crippen LogP contribution in [0, 0.1) is 0 Å². The molecule has 0 amide bonds. The highest BCUT2D eigenvalue weighted by Crippen LogP contribution is 2.29. The average molecular weight is 513 g/mol. The predicted octanol–water partition coefficient (Wildman–Crippen LogP) is -2.47. The van der Waals surface area contributed by atoms with Gasteiger partial charge in [-0.2, -0.15) is 0 Å². The topological polar surface area (TPSA) is 205 Å². The summed E-state index contributed by atoms with van der Waals surface area (Å²) in [5.41, 5.74) is 0. The number of methoxy groups -OCH3 is 1. The minimum Gasteiger partial charge on any atom is -0.469 e. The SMILES string of the molecule is COC(=O)CCCCCCCCO[C@H]1O[C@H](CO)[C@@H](O)[C@H](O)[C@@H]1O[C@H]1O[C@H](CO)[C@@H](O)[C@H](O)[C@@H]1O. The Morgan fingerprint density at radius 3 is 1.86 bits per heavy atom. The van der Waals surface area contributed by atoms with E-state index in [9.17, 15) is 40.5 Å². The van der Waals surface area contributed by atoms with Gasteiger partial charge in [0.25, 0.3) is 0 Å². The van der Waals surface area contributed by atoms with Crippen molar-refractivity contribution >= 4 is 5.97 Å². The van der Waals surface area contributed by atoms with Crippen molar-refractivity contribution in [3.05, 3.63) is 0 Å². The molecule has 0 unspecified atom stereocenters. The minimum atomic E-state index is -1.72. The molecule has 2 aliphatic rings. The summed E-state index contributed by atoms with van der Waals surface area (Å²) < 4.78 is 26.8. The lowest BCUT2D eigenvalue weighted by Gasteiger charge is -2.45. The van der Waals surface area contributed by atoms with Crippen LogP contribution in [0.3, 0.4) is 0 Å². The summed E-state index contributed by atoms with van der Waals surface area (Å²) in [5, 5.41) is 69.8. The lowest BCUT2D eigenvalue weighted by Crippen LogP contribution is -2.64. The summed E-state index contributed by atoms with van der Waals surface area (Å²) in [6, 6.07) is 0. The van der Waals surface area contributed by atoms with Crippen molar-refractivity contribution in [3.8, 4) is 0 Å². The van der Waals surface area contributed by atoms with Crippen molar-refractivity contribution in [1.29, 1.82) is 0 Å². The predicted molar refractivity (Wildman–Crippen MR) is 117 cm³/mol. The Morgan fingerprint density at radius 1 is 0.714 bits per heavy atom. The Bertz CT molecular complexity index is 606. The van der Waals surface area contributed by atoms with E-state index in [0.29, 0.717) is 12.8 Å². The number of esters is 1. The van der Waals surface area contributed by atoms with Gasteiger partial charge in [0.05, 0.1) is 20.3 Å². The molecule has 0 aromatic carbocycles. The Morgan fingerprint density at radius 2 is 1.26 bits per heavy atom. The molecule has 35 heavy (non-hydrogen) atoms. The monoisotopic (exact) mass is 512 g/mol. The molecule has 10 atom stereocenters. The summed E-state index contributed by atoms with van der Waals surface area (Å²) >= 11 is 0. The molecule has 0 aliphatic carbocycles. The van der Waals surface area contributed by atoms with Crippen LogP contribution < -0.4 is 0 Å². The third kappa shape index (κ3) is 8.54. The first-order valence-corrected chi connectivity index (χ1v) is 12.0. The fourth-order valence-electron chi connectivity index (χ4n) is 4.05. The largest absolute Gasteiger partial charge is 0.469 e. The molecule has 0 aromatic heterocycles. The van der Waals surface area contributed by atoms with Gasteiger partial charge in [0.15, 0.2) is 12.6 Å². The molecule has 7 N–H and O–H groups in total. The van der Waals surface area contributed by atoms with Crippen LogP contribution in [0.1, 0.15) is 44.9 Å². The zero-order valence-corrected chi connectivity index (χ0v) is 19.9. The molecular weight excluding hydrogens is 472 g/mol. The summed E-state index contributed by atoms with van der Waals surface area (Å²) in [4.78, 5) is 11.1. The molecule has 0 radical (unpaired) electrons. The van der Waals surface area contributed by atoms with Gasteiger partial charge in [0.2, 0.25) is 0 Å². The number of aliphatic hydroxyl groups excluding tert-OH is 7. The smallest absolute Gasteiger partial charge is 0.305 e. The molecule has 13 nitrogen and oxygen atoms in total. The first kappa shape index (κ1) is 30.3. The van der Waals surface area contributed by atoms with Crippen molar-refractivity contribution in [2.75, 3.05) is 26.9 Å². The molecule has 0 spiro atoms. The zero-order valence-electron chi connectivity index (χ0n) is 19.9. The molecule has 2 rings (SSSR count). The summed E-state index contributed by atoms with van der Waals surface area (Å²) in [7, 11) is 1.36. The molecule has 206 valence electrons. The van der Waals surface area contributed by atoms with Crippen LogP contribution in [0.15, 0.2) is 0 Å². The number of aliphatic hydroxyl groups is 7. The van der Waals surface area contributed by atoms with Crippen LogP contribution in [0.5, 0.6) is 0 Å². The number of hydrogen-bond donors (Lipinski definition) is 7. The van der Waals surface area contributed by atoms with Crippen molar-refractivity contribution in [2.24, 2.45) is 0 Å². The van der Waals surface area contributed by atoms with E-state index in [-0.39, 0.29) is 12.6 Å². The van der Waals surface area contributed by atoms with Crippen LogP contribution in [0.2, 0.25) is 0 Å². The zero-order chi connectivity index (χ0) is 26.0. The quantitative estimate of drug-likeness (QED) is 0.0953. The molecule has 0 bridgehead atoms.